The molecule has 3 N–H and O–H groups in total. The second-order valence-corrected chi connectivity index (χ2v) is 7.28. The van der Waals surface area contributed by atoms with Gasteiger partial charge in [-0.15, -0.1) is 11.3 Å². The lowest BCUT2D eigenvalue weighted by Crippen LogP contribution is -2.41. The number of aliphatic carboxylic acids is 2. The van der Waals surface area contributed by atoms with Crippen LogP contribution >= 0.6 is 43.2 Å². The van der Waals surface area contributed by atoms with Crippen LogP contribution in [0, 0.1) is 0 Å². The van der Waals surface area contributed by atoms with E-state index in [1.54, 1.807) is 6.07 Å². The minimum absolute atomic E-state index is 0.167. The largest absolute Gasteiger partial charge is 0.481 e. The number of hydrogen-bond donors (Lipinski definition) is 3. The van der Waals surface area contributed by atoms with Gasteiger partial charge in [0.25, 0.3) is 5.91 Å². The average molecular weight is 415 g/mol. The van der Waals surface area contributed by atoms with E-state index in [0.717, 1.165) is 3.79 Å². The monoisotopic (exact) mass is 413 g/mol. The van der Waals surface area contributed by atoms with Gasteiger partial charge in [-0.05, 0) is 44.3 Å². The number of hydrogen-bond acceptors (Lipinski definition) is 4. The molecule has 0 saturated carbocycles. The van der Waals surface area contributed by atoms with Gasteiger partial charge in [-0.3, -0.25) is 9.59 Å². The Morgan fingerprint density at radius 2 is 1.95 bits per heavy atom. The van der Waals surface area contributed by atoms with Crippen LogP contribution in [0.3, 0.4) is 0 Å². The number of thiophene rings is 1. The Morgan fingerprint density at radius 3 is 2.37 bits per heavy atom. The van der Waals surface area contributed by atoms with Gasteiger partial charge in [0.1, 0.15) is 6.04 Å². The predicted octanol–water partition coefficient (Wildman–Crippen LogP) is 2.32. The molecule has 1 rings (SSSR count). The molecule has 0 aliphatic rings. The van der Waals surface area contributed by atoms with Gasteiger partial charge >= 0.3 is 11.9 Å². The van der Waals surface area contributed by atoms with Gasteiger partial charge in [0.05, 0.1) is 13.1 Å². The summed E-state index contributed by atoms with van der Waals surface area (Å²) in [6.45, 7) is 0. The Kier molecular flexibility index (Phi) is 5.95. The topological polar surface area (TPSA) is 104 Å². The van der Waals surface area contributed by atoms with Crippen molar-refractivity contribution in [2.75, 3.05) is 0 Å². The summed E-state index contributed by atoms with van der Waals surface area (Å²) in [5.74, 6) is -2.94. The van der Waals surface area contributed by atoms with Crippen molar-refractivity contribution < 1.29 is 24.6 Å². The van der Waals surface area contributed by atoms with E-state index >= 15 is 0 Å². The van der Waals surface area contributed by atoms with Crippen molar-refractivity contribution in [3.05, 3.63) is 19.2 Å². The summed E-state index contributed by atoms with van der Waals surface area (Å²) in [6.07, 6.45) is -0.495. The first kappa shape index (κ1) is 16.1. The highest BCUT2D eigenvalue weighted by Crippen LogP contribution is 2.31. The third-order valence-corrected chi connectivity index (χ3v) is 4.49. The summed E-state index contributed by atoms with van der Waals surface area (Å²) < 4.78 is 1.29. The molecule has 1 atom stereocenters. The molecule has 0 fully saturated rings. The van der Waals surface area contributed by atoms with Crippen molar-refractivity contribution in [2.45, 2.75) is 18.9 Å². The molecule has 6 nitrogen and oxygen atoms in total. The number of halogens is 2. The number of nitrogens with one attached hydrogen (secondary N) is 1. The van der Waals surface area contributed by atoms with Crippen LogP contribution in [0.4, 0.5) is 0 Å². The first-order valence-corrected chi connectivity index (χ1v) is 7.41. The van der Waals surface area contributed by atoms with E-state index in [2.05, 4.69) is 37.2 Å². The fourth-order valence-corrected chi connectivity index (χ4v) is 4.05. The normalized spacial score (nSPS) is 11.9. The molecule has 1 heterocycles. The summed E-state index contributed by atoms with van der Waals surface area (Å²) >= 11 is 7.69. The summed E-state index contributed by atoms with van der Waals surface area (Å²) in [5.41, 5.74) is 0.304. The number of amides is 1. The van der Waals surface area contributed by atoms with Gasteiger partial charge in [-0.2, -0.15) is 0 Å². The minimum Gasteiger partial charge on any atom is -0.481 e. The Bertz CT molecular complexity index is 516. The van der Waals surface area contributed by atoms with Crippen LogP contribution < -0.4 is 5.32 Å². The van der Waals surface area contributed by atoms with Crippen LogP contribution in [0.2, 0.25) is 0 Å². The lowest BCUT2D eigenvalue weighted by Gasteiger charge is -2.13. The number of carbonyl (C=O) groups excluding carboxylic acids is 1. The van der Waals surface area contributed by atoms with Gasteiger partial charge in [0.2, 0.25) is 0 Å². The van der Waals surface area contributed by atoms with Crippen LogP contribution in [0.15, 0.2) is 13.6 Å². The quantitative estimate of drug-likeness (QED) is 0.662. The average Bonchev–Trinajstić information content (AvgIpc) is 2.62. The summed E-state index contributed by atoms with van der Waals surface area (Å²) in [5, 5.41) is 19.8. The molecule has 0 saturated heterocycles. The molecular weight excluding hydrogens is 406 g/mol. The molecule has 1 unspecified atom stereocenters. The van der Waals surface area contributed by atoms with E-state index in [1.165, 1.54) is 11.3 Å². The Hall–Kier alpha value is -0.930. The predicted molar refractivity (Wildman–Crippen MR) is 75.5 cm³/mol. The number of carbonyl (C=O) groups is 3. The molecule has 0 spiro atoms. The first-order chi connectivity index (χ1) is 8.81. The van der Waals surface area contributed by atoms with E-state index < -0.39 is 23.9 Å². The second kappa shape index (κ2) is 7.01. The Labute approximate surface area is 129 Å². The van der Waals surface area contributed by atoms with Crippen LogP contribution in [0.5, 0.6) is 0 Å². The fraction of sp³-hybridized carbons (Fsp3) is 0.300. The fourth-order valence-electron chi connectivity index (χ4n) is 1.26. The summed E-state index contributed by atoms with van der Waals surface area (Å²) in [4.78, 5) is 33.2. The van der Waals surface area contributed by atoms with Gasteiger partial charge in [-0.1, -0.05) is 0 Å². The zero-order valence-electron chi connectivity index (χ0n) is 9.35. The minimum atomic E-state index is -1.26. The smallest absolute Gasteiger partial charge is 0.326 e. The summed E-state index contributed by atoms with van der Waals surface area (Å²) in [6, 6.07) is 0.328. The molecule has 0 aliphatic carbocycles. The van der Waals surface area contributed by atoms with Crippen molar-refractivity contribution in [3.8, 4) is 0 Å². The van der Waals surface area contributed by atoms with Gasteiger partial charge in [-0.25, -0.2) is 4.79 Å². The molecule has 0 radical (unpaired) electrons. The van der Waals surface area contributed by atoms with Crippen LogP contribution in [-0.2, 0) is 9.59 Å². The van der Waals surface area contributed by atoms with E-state index in [1.807, 2.05) is 0 Å². The standard InChI is InChI=1S/C10H9Br2NO5S/c11-6-3-4(8(12)19-6)9(16)13-5(10(17)18)1-2-7(14)15/h3,5H,1-2H2,(H,13,16)(H,14,15)(H,17,18). The molecular formula is C10H9Br2NO5S. The zero-order chi connectivity index (χ0) is 14.6. The third kappa shape index (κ3) is 4.92. The van der Waals surface area contributed by atoms with Crippen LogP contribution in [0.25, 0.3) is 0 Å². The zero-order valence-corrected chi connectivity index (χ0v) is 13.3. The second-order valence-electron chi connectivity index (χ2n) is 3.53. The maximum Gasteiger partial charge on any atom is 0.326 e. The van der Waals surface area contributed by atoms with Crippen molar-refractivity contribution >= 4 is 61.0 Å². The van der Waals surface area contributed by atoms with Gasteiger partial charge in [0.15, 0.2) is 0 Å². The lowest BCUT2D eigenvalue weighted by atomic mass is 10.1. The highest BCUT2D eigenvalue weighted by atomic mass is 79.9. The maximum absolute atomic E-state index is 11.9. The molecule has 1 amide bonds. The molecule has 0 bridgehead atoms. The molecule has 104 valence electrons. The van der Waals surface area contributed by atoms with Gasteiger partial charge in [0, 0.05) is 6.42 Å². The number of carboxylic acids is 2. The third-order valence-electron chi connectivity index (χ3n) is 2.15. The lowest BCUT2D eigenvalue weighted by molar-refractivity contribution is -0.140. The van der Waals surface area contributed by atoms with Crippen LogP contribution in [-0.4, -0.2) is 34.1 Å². The molecule has 19 heavy (non-hydrogen) atoms. The first-order valence-electron chi connectivity index (χ1n) is 5.01. The SMILES string of the molecule is O=C(O)CCC(NC(=O)c1cc(Br)sc1Br)C(=O)O. The van der Waals surface area contributed by atoms with Crippen molar-refractivity contribution in [2.24, 2.45) is 0 Å². The maximum atomic E-state index is 11.9. The molecule has 1 aromatic heterocycles. The summed E-state index contributed by atoms with van der Waals surface area (Å²) in [7, 11) is 0. The van der Waals surface area contributed by atoms with Crippen molar-refractivity contribution in [1.29, 1.82) is 0 Å². The number of carboxylic acid groups (broad SMARTS) is 2. The number of rotatable bonds is 6. The van der Waals surface area contributed by atoms with E-state index in [0.29, 0.717) is 9.35 Å². The van der Waals surface area contributed by atoms with E-state index in [-0.39, 0.29) is 12.8 Å². The Balaban J connectivity index is 2.74. The highest BCUT2D eigenvalue weighted by Gasteiger charge is 2.23. The molecule has 1 aromatic rings. The molecule has 0 aliphatic heterocycles. The highest BCUT2D eigenvalue weighted by molar-refractivity contribution is 9.12. The van der Waals surface area contributed by atoms with Crippen LogP contribution in [0.1, 0.15) is 23.2 Å². The van der Waals surface area contributed by atoms with Crippen molar-refractivity contribution in [3.63, 3.8) is 0 Å². The van der Waals surface area contributed by atoms with E-state index in [4.69, 9.17) is 10.2 Å². The molecule has 9 heteroatoms. The Morgan fingerprint density at radius 1 is 1.32 bits per heavy atom. The van der Waals surface area contributed by atoms with E-state index in [9.17, 15) is 14.4 Å². The van der Waals surface area contributed by atoms with Gasteiger partial charge < -0.3 is 15.5 Å². The van der Waals surface area contributed by atoms with Crippen molar-refractivity contribution in [1.82, 2.24) is 5.32 Å². The molecule has 0 aromatic carbocycles.